The Morgan fingerprint density at radius 3 is 2.63 bits per heavy atom. The van der Waals surface area contributed by atoms with Gasteiger partial charge in [-0.2, -0.15) is 0 Å². The van der Waals surface area contributed by atoms with E-state index in [-0.39, 0.29) is 24.0 Å². The summed E-state index contributed by atoms with van der Waals surface area (Å²) in [5.74, 6) is 2.27. The van der Waals surface area contributed by atoms with E-state index in [1.54, 1.807) is 0 Å². The van der Waals surface area contributed by atoms with Gasteiger partial charge in [-0.3, -0.25) is 9.89 Å². The van der Waals surface area contributed by atoms with Gasteiger partial charge in [0.15, 0.2) is 5.96 Å². The summed E-state index contributed by atoms with van der Waals surface area (Å²) >= 11 is 0. The van der Waals surface area contributed by atoms with Crippen LogP contribution in [0.25, 0.3) is 0 Å². The molecule has 2 saturated heterocycles. The maximum absolute atomic E-state index is 5.83. The molecule has 0 amide bonds. The number of likely N-dealkylation sites (tertiary alicyclic amines) is 1. The fourth-order valence-electron chi connectivity index (χ4n) is 3.63. The molecule has 0 aromatic heterocycles. The number of nitrogens with zero attached hydrogens (tertiary/aromatic N) is 2. The van der Waals surface area contributed by atoms with Crippen molar-refractivity contribution >= 4 is 29.9 Å². The van der Waals surface area contributed by atoms with Crippen LogP contribution in [0, 0.1) is 11.8 Å². The normalized spacial score (nSPS) is 24.9. The number of rotatable bonds is 9. The quantitative estimate of drug-likeness (QED) is 0.223. The molecule has 2 atom stereocenters. The molecule has 2 unspecified atom stereocenters. The van der Waals surface area contributed by atoms with Crippen molar-refractivity contribution in [3.05, 3.63) is 0 Å². The standard InChI is InChI=1S/C20H40N4O2.HI/c1-5-21-20(23-19-14-24(16(2)3)13-17(19)4)22-9-6-10-26-15-18-7-11-25-12-8-18;/h16-19H,5-15H2,1-4H3,(H2,21,22,23);1H. The third kappa shape index (κ3) is 9.28. The van der Waals surface area contributed by atoms with Crippen molar-refractivity contribution in [3.8, 4) is 0 Å². The lowest BCUT2D eigenvalue weighted by atomic mass is 10.0. The second-order valence-electron chi connectivity index (χ2n) is 8.02. The molecule has 27 heavy (non-hydrogen) atoms. The third-order valence-electron chi connectivity index (χ3n) is 5.45. The molecular weight excluding hydrogens is 455 g/mol. The lowest BCUT2D eigenvalue weighted by molar-refractivity contribution is 0.0205. The second-order valence-corrected chi connectivity index (χ2v) is 8.02. The Kier molecular flexibility index (Phi) is 12.9. The van der Waals surface area contributed by atoms with E-state index < -0.39 is 0 Å². The van der Waals surface area contributed by atoms with Crippen LogP contribution in [0.3, 0.4) is 0 Å². The number of hydrogen-bond acceptors (Lipinski definition) is 4. The number of halogens is 1. The molecule has 160 valence electrons. The van der Waals surface area contributed by atoms with Gasteiger partial charge in [-0.05, 0) is 51.9 Å². The first kappa shape index (κ1) is 24.9. The summed E-state index contributed by atoms with van der Waals surface area (Å²) in [7, 11) is 0. The zero-order chi connectivity index (χ0) is 18.8. The van der Waals surface area contributed by atoms with Crippen molar-refractivity contribution in [1.82, 2.24) is 15.5 Å². The predicted molar refractivity (Wildman–Crippen MR) is 123 cm³/mol. The molecule has 0 radical (unpaired) electrons. The number of aliphatic imine (C=N–C) groups is 1. The highest BCUT2D eigenvalue weighted by atomic mass is 127. The Morgan fingerprint density at radius 1 is 1.26 bits per heavy atom. The van der Waals surface area contributed by atoms with E-state index in [9.17, 15) is 0 Å². The molecule has 6 nitrogen and oxygen atoms in total. The molecule has 2 heterocycles. The van der Waals surface area contributed by atoms with E-state index in [0.29, 0.717) is 23.9 Å². The van der Waals surface area contributed by atoms with Crippen molar-refractivity contribution in [3.63, 3.8) is 0 Å². The van der Waals surface area contributed by atoms with Gasteiger partial charge in [0.05, 0.1) is 0 Å². The number of guanidine groups is 1. The smallest absolute Gasteiger partial charge is 0.191 e. The van der Waals surface area contributed by atoms with Crippen molar-refractivity contribution in [1.29, 1.82) is 0 Å². The molecule has 0 bridgehead atoms. The number of nitrogens with one attached hydrogen (secondary N) is 2. The van der Waals surface area contributed by atoms with Gasteiger partial charge >= 0.3 is 0 Å². The van der Waals surface area contributed by atoms with Crippen LogP contribution in [0.4, 0.5) is 0 Å². The first-order chi connectivity index (χ1) is 12.6. The van der Waals surface area contributed by atoms with E-state index in [2.05, 4.69) is 43.2 Å². The van der Waals surface area contributed by atoms with Crippen LogP contribution in [0.2, 0.25) is 0 Å². The summed E-state index contributed by atoms with van der Waals surface area (Å²) in [6, 6.07) is 1.08. The molecule has 0 saturated carbocycles. The van der Waals surface area contributed by atoms with Crippen LogP contribution in [0.1, 0.15) is 47.0 Å². The molecule has 0 aliphatic carbocycles. The maximum atomic E-state index is 5.83. The third-order valence-corrected chi connectivity index (χ3v) is 5.45. The summed E-state index contributed by atoms with van der Waals surface area (Å²) < 4.78 is 11.2. The van der Waals surface area contributed by atoms with E-state index in [4.69, 9.17) is 14.5 Å². The Morgan fingerprint density at radius 2 is 2.00 bits per heavy atom. The average Bonchev–Trinajstić information content (AvgIpc) is 3.00. The highest BCUT2D eigenvalue weighted by Gasteiger charge is 2.31. The molecule has 2 rings (SSSR count). The van der Waals surface area contributed by atoms with Crippen LogP contribution in [-0.2, 0) is 9.47 Å². The van der Waals surface area contributed by atoms with Gasteiger partial charge in [-0.15, -0.1) is 24.0 Å². The monoisotopic (exact) mass is 496 g/mol. The minimum absolute atomic E-state index is 0. The lowest BCUT2D eigenvalue weighted by Crippen LogP contribution is -2.46. The summed E-state index contributed by atoms with van der Waals surface area (Å²) in [5, 5.41) is 7.02. The van der Waals surface area contributed by atoms with Crippen molar-refractivity contribution in [2.75, 3.05) is 52.6 Å². The highest BCUT2D eigenvalue weighted by molar-refractivity contribution is 14.0. The minimum atomic E-state index is 0. The first-order valence-electron chi connectivity index (χ1n) is 10.5. The minimum Gasteiger partial charge on any atom is -0.381 e. The summed E-state index contributed by atoms with van der Waals surface area (Å²) in [4.78, 5) is 7.28. The van der Waals surface area contributed by atoms with Crippen LogP contribution in [0.5, 0.6) is 0 Å². The predicted octanol–water partition coefficient (Wildman–Crippen LogP) is 2.72. The molecule has 0 spiro atoms. The Hall–Kier alpha value is -0.120. The molecule has 2 aliphatic rings. The molecule has 2 aliphatic heterocycles. The second kappa shape index (κ2) is 14.0. The molecule has 2 N–H and O–H groups in total. The van der Waals surface area contributed by atoms with Gasteiger partial charge in [-0.25, -0.2) is 0 Å². The van der Waals surface area contributed by atoms with Crippen molar-refractivity contribution in [2.45, 2.75) is 59.0 Å². The van der Waals surface area contributed by atoms with E-state index in [0.717, 1.165) is 77.8 Å². The zero-order valence-electron chi connectivity index (χ0n) is 17.7. The van der Waals surface area contributed by atoms with Gasteiger partial charge in [0, 0.05) is 64.7 Å². The fraction of sp³-hybridized carbons (Fsp3) is 0.950. The Balaban J connectivity index is 0.00000364. The van der Waals surface area contributed by atoms with Gasteiger partial charge in [0.25, 0.3) is 0 Å². The lowest BCUT2D eigenvalue weighted by Gasteiger charge is -2.22. The van der Waals surface area contributed by atoms with Crippen molar-refractivity contribution in [2.24, 2.45) is 16.8 Å². The van der Waals surface area contributed by atoms with Crippen LogP contribution >= 0.6 is 24.0 Å². The average molecular weight is 496 g/mol. The Bertz CT molecular complexity index is 417. The van der Waals surface area contributed by atoms with Crippen molar-refractivity contribution < 1.29 is 9.47 Å². The van der Waals surface area contributed by atoms with E-state index >= 15 is 0 Å². The van der Waals surface area contributed by atoms with Gasteiger partial charge in [0.2, 0.25) is 0 Å². The number of hydrogen-bond donors (Lipinski definition) is 2. The summed E-state index contributed by atoms with van der Waals surface area (Å²) in [6.07, 6.45) is 3.25. The van der Waals surface area contributed by atoms with E-state index in [1.165, 1.54) is 0 Å². The van der Waals surface area contributed by atoms with E-state index in [1.807, 2.05) is 0 Å². The van der Waals surface area contributed by atoms with Crippen LogP contribution in [-0.4, -0.2) is 75.5 Å². The molecule has 7 heteroatoms. The van der Waals surface area contributed by atoms with Gasteiger partial charge < -0.3 is 20.1 Å². The summed E-state index contributed by atoms with van der Waals surface area (Å²) in [5.41, 5.74) is 0. The number of ether oxygens (including phenoxy) is 2. The van der Waals surface area contributed by atoms with Gasteiger partial charge in [-0.1, -0.05) is 6.92 Å². The zero-order valence-corrected chi connectivity index (χ0v) is 20.0. The van der Waals surface area contributed by atoms with Crippen LogP contribution in [0.15, 0.2) is 4.99 Å². The van der Waals surface area contributed by atoms with Gasteiger partial charge in [0.1, 0.15) is 0 Å². The molecule has 2 fully saturated rings. The maximum Gasteiger partial charge on any atom is 0.191 e. The highest BCUT2D eigenvalue weighted by Crippen LogP contribution is 2.18. The largest absolute Gasteiger partial charge is 0.381 e. The van der Waals surface area contributed by atoms with Crippen LogP contribution < -0.4 is 10.6 Å². The molecular formula is C20H41IN4O2. The topological polar surface area (TPSA) is 58.1 Å². The summed E-state index contributed by atoms with van der Waals surface area (Å²) in [6.45, 7) is 16.4. The first-order valence-corrected chi connectivity index (χ1v) is 10.5. The molecule has 0 aromatic rings. The fourth-order valence-corrected chi connectivity index (χ4v) is 3.63. The molecule has 0 aromatic carbocycles. The SMILES string of the molecule is CCNC(=NCCCOCC1CCOCC1)NC1CN(C(C)C)CC1C.I. The Labute approximate surface area is 183 Å².